The first-order valence-corrected chi connectivity index (χ1v) is 38.8. The van der Waals surface area contributed by atoms with Crippen molar-refractivity contribution in [1.29, 1.82) is 0 Å². The van der Waals surface area contributed by atoms with Crippen molar-refractivity contribution in [2.75, 3.05) is 75.4 Å². The molecule has 4 amide bonds. The third-order valence-corrected chi connectivity index (χ3v) is 20.0. The van der Waals surface area contributed by atoms with Crippen LogP contribution in [0.4, 0.5) is 0 Å². The van der Waals surface area contributed by atoms with Crippen LogP contribution in [0.2, 0.25) is 0 Å². The Bertz CT molecular complexity index is 1530. The highest BCUT2D eigenvalue weighted by molar-refractivity contribution is 7.80. The summed E-state index contributed by atoms with van der Waals surface area (Å²) in [5, 5.41) is 12.5. The van der Waals surface area contributed by atoms with E-state index in [0.29, 0.717) is 78.3 Å². The summed E-state index contributed by atoms with van der Waals surface area (Å²) < 4.78 is 0. The Kier molecular flexibility index (Phi) is 63.6. The van der Waals surface area contributed by atoms with Crippen molar-refractivity contribution in [3.05, 3.63) is 0 Å². The summed E-state index contributed by atoms with van der Waals surface area (Å²) in [6, 6.07) is 0. The molecule has 0 fully saturated rings. The molecule has 0 bridgehead atoms. The summed E-state index contributed by atoms with van der Waals surface area (Å²) in [5.74, 6) is 8.46. The fourth-order valence-corrected chi connectivity index (χ4v) is 14.0. The lowest BCUT2D eigenvalue weighted by Crippen LogP contribution is -2.24. The first-order chi connectivity index (χ1) is 41.9. The molecule has 0 aromatic heterocycles. The quantitative estimate of drug-likeness (QED) is 0.0207. The van der Waals surface area contributed by atoms with Crippen molar-refractivity contribution >= 4 is 74.1 Å². The number of nitrogens with two attached hydrogens (primary N) is 4. The largest absolute Gasteiger partial charge is 0.356 e. The molecule has 0 spiro atoms. The molecule has 510 valence electrons. The van der Waals surface area contributed by atoms with Crippen LogP contribution in [0.3, 0.4) is 0 Å². The minimum atomic E-state index is 0.108. The lowest BCUT2D eigenvalue weighted by Gasteiger charge is -2.27. The van der Waals surface area contributed by atoms with Crippen LogP contribution in [0.1, 0.15) is 296 Å². The van der Waals surface area contributed by atoms with Crippen molar-refractivity contribution in [3.63, 3.8) is 0 Å². The molecule has 0 rings (SSSR count). The number of unbranched alkanes of at least 4 members (excludes halogenated alkanes) is 8. The molecule has 12 nitrogen and oxygen atoms in total. The Hall–Kier alpha value is -0.880. The molecule has 0 aliphatic carbocycles. The number of thiol groups is 4. The normalized spacial score (nSPS) is 14.5. The molecule has 0 heterocycles. The summed E-state index contributed by atoms with van der Waals surface area (Å²) in [6.07, 6.45) is 50.3. The molecule has 8 atom stereocenters. The van der Waals surface area contributed by atoms with Gasteiger partial charge < -0.3 is 44.2 Å². The van der Waals surface area contributed by atoms with Gasteiger partial charge in [0.25, 0.3) is 0 Å². The van der Waals surface area contributed by atoms with Gasteiger partial charge in [0, 0.05) is 51.9 Å². The van der Waals surface area contributed by atoms with Gasteiger partial charge in [-0.15, -0.1) is 0 Å². The molecular formula is C70H142N8O4S4. The van der Waals surface area contributed by atoms with E-state index in [1.807, 2.05) is 0 Å². The molecule has 8 unspecified atom stereocenters. The van der Waals surface area contributed by atoms with Gasteiger partial charge in [0.05, 0.1) is 0 Å². The number of amides is 4. The molecule has 0 saturated heterocycles. The van der Waals surface area contributed by atoms with Crippen LogP contribution in [-0.2, 0) is 19.2 Å². The van der Waals surface area contributed by atoms with Crippen molar-refractivity contribution in [2.24, 2.45) is 70.3 Å². The Morgan fingerprint density at radius 2 is 0.419 bits per heavy atom. The fraction of sp³-hybridized carbons (Fsp3) is 0.943. The van der Waals surface area contributed by atoms with Crippen molar-refractivity contribution in [2.45, 2.75) is 296 Å². The SMILES string of the molecule is CCC(CCCCNC(=O)CCS)CCC(CCCCN)CCC(CCCCNC(=O)CCS)CCC(CCCCN)CCC(CCCCNC(=O)CCS)CCC(CCCCN)CCC(CCCCNC(=O)CCS)CCC(CC)CCCCN. The van der Waals surface area contributed by atoms with E-state index in [4.69, 9.17) is 22.9 Å². The number of carbonyl (C=O) groups excluding carboxylic acids is 4. The molecule has 0 radical (unpaired) electrons. The Labute approximate surface area is 553 Å². The van der Waals surface area contributed by atoms with Gasteiger partial charge in [-0.2, -0.15) is 50.5 Å². The van der Waals surface area contributed by atoms with Crippen LogP contribution in [0.5, 0.6) is 0 Å². The van der Waals surface area contributed by atoms with E-state index in [0.717, 1.165) is 147 Å². The monoisotopic (exact) mass is 1290 g/mol. The minimum absolute atomic E-state index is 0.108. The van der Waals surface area contributed by atoms with Crippen molar-refractivity contribution < 1.29 is 19.2 Å². The zero-order valence-corrected chi connectivity index (χ0v) is 59.5. The molecule has 0 aromatic rings. The van der Waals surface area contributed by atoms with E-state index in [9.17, 15) is 19.2 Å². The number of hydrogen-bond donors (Lipinski definition) is 12. The summed E-state index contributed by atoms with van der Waals surface area (Å²) in [5.41, 5.74) is 24.3. The maximum absolute atomic E-state index is 12.4. The first-order valence-electron chi connectivity index (χ1n) is 36.3. The van der Waals surface area contributed by atoms with Crippen molar-refractivity contribution in [1.82, 2.24) is 21.3 Å². The minimum Gasteiger partial charge on any atom is -0.356 e. The van der Waals surface area contributed by atoms with Gasteiger partial charge in [0.15, 0.2) is 0 Å². The molecule has 0 aromatic carbocycles. The average molecular weight is 1290 g/mol. The third-order valence-electron chi connectivity index (χ3n) is 19.1. The van der Waals surface area contributed by atoms with Crippen LogP contribution >= 0.6 is 50.5 Å². The highest BCUT2D eigenvalue weighted by atomic mass is 32.1. The molecule has 86 heavy (non-hydrogen) atoms. The fourth-order valence-electron chi connectivity index (χ4n) is 13.2. The molecule has 0 saturated carbocycles. The van der Waals surface area contributed by atoms with Crippen LogP contribution in [0.25, 0.3) is 0 Å². The summed E-state index contributed by atoms with van der Waals surface area (Å²) in [6.45, 7) is 10.8. The zero-order chi connectivity index (χ0) is 63.4. The third kappa shape index (κ3) is 53.8. The van der Waals surface area contributed by atoms with E-state index < -0.39 is 0 Å². The highest BCUT2D eigenvalue weighted by Crippen LogP contribution is 2.36. The van der Waals surface area contributed by atoms with Crippen LogP contribution < -0.4 is 44.2 Å². The van der Waals surface area contributed by atoms with Crippen molar-refractivity contribution in [3.8, 4) is 0 Å². The molecule has 16 heteroatoms. The van der Waals surface area contributed by atoms with Crippen LogP contribution in [-0.4, -0.2) is 99.0 Å². The van der Waals surface area contributed by atoms with Gasteiger partial charge in [-0.05, 0) is 148 Å². The number of rotatable bonds is 67. The summed E-state index contributed by atoms with van der Waals surface area (Å²) in [4.78, 5) is 48.9. The second-order valence-corrected chi connectivity index (χ2v) is 28.0. The Morgan fingerprint density at radius 1 is 0.256 bits per heavy atom. The number of nitrogens with one attached hydrogen (secondary N) is 4. The van der Waals surface area contributed by atoms with E-state index >= 15 is 0 Å². The molecule has 0 aliphatic heterocycles. The smallest absolute Gasteiger partial charge is 0.220 e. The second kappa shape index (κ2) is 64.2. The van der Waals surface area contributed by atoms with Gasteiger partial charge in [-0.1, -0.05) is 219 Å². The molecule has 12 N–H and O–H groups in total. The predicted octanol–water partition coefficient (Wildman–Crippen LogP) is 15.1. The Morgan fingerprint density at radius 3 is 0.581 bits per heavy atom. The maximum atomic E-state index is 12.4. The predicted molar refractivity (Wildman–Crippen MR) is 386 cm³/mol. The lowest BCUT2D eigenvalue weighted by molar-refractivity contribution is -0.121. The van der Waals surface area contributed by atoms with E-state index in [-0.39, 0.29) is 23.6 Å². The number of hydrogen-bond acceptors (Lipinski definition) is 12. The van der Waals surface area contributed by atoms with Gasteiger partial charge in [0.2, 0.25) is 23.6 Å². The average Bonchev–Trinajstić information content (AvgIpc) is 3.52. The lowest BCUT2D eigenvalue weighted by atomic mass is 9.79. The maximum Gasteiger partial charge on any atom is 0.220 e. The Balaban J connectivity index is 6.50. The van der Waals surface area contributed by atoms with Gasteiger partial charge in [0.1, 0.15) is 0 Å². The summed E-state index contributed by atoms with van der Waals surface area (Å²) >= 11 is 17.0. The summed E-state index contributed by atoms with van der Waals surface area (Å²) in [7, 11) is 0. The molecule has 0 aliphatic rings. The van der Waals surface area contributed by atoms with Crippen LogP contribution in [0, 0.1) is 47.3 Å². The van der Waals surface area contributed by atoms with E-state index in [1.54, 1.807) is 0 Å². The number of carbonyl (C=O) groups is 4. The van der Waals surface area contributed by atoms with Crippen LogP contribution in [0.15, 0.2) is 0 Å². The van der Waals surface area contributed by atoms with E-state index in [2.05, 4.69) is 85.6 Å². The zero-order valence-electron chi connectivity index (χ0n) is 55.9. The standard InChI is InChI=1S/C70H142N8O4S4/c1-3-59(21-5-13-47-71)29-32-64(26-10-18-52-76-68(80)44-56-84)38-34-62(24-7-15-49-73)35-41-66(28-12-20-54-78-70(82)46-58-86)42-37-63(25-8-16-50-74)36-40-65(27-11-19-53-77-69(81)45-57-85)39-33-61(23-6-14-48-72)31-30-60(4-2)22-9-17-51-75-67(79)43-55-83/h59-66,83-86H,3-58,71-74H2,1-2H3,(H,75,79)(H,76,80)(H,77,81)(H,78,82). The molecular weight excluding hydrogens is 1150 g/mol. The van der Waals surface area contributed by atoms with Gasteiger partial charge >= 0.3 is 0 Å². The van der Waals surface area contributed by atoms with Gasteiger partial charge in [-0.3, -0.25) is 19.2 Å². The van der Waals surface area contributed by atoms with Gasteiger partial charge in [-0.25, -0.2) is 0 Å². The second-order valence-electron chi connectivity index (χ2n) is 26.2. The first kappa shape index (κ1) is 85.1. The highest BCUT2D eigenvalue weighted by Gasteiger charge is 2.23. The topological polar surface area (TPSA) is 220 Å². The van der Waals surface area contributed by atoms with E-state index in [1.165, 1.54) is 180 Å².